The monoisotopic (exact) mass is 410 g/mol. The Kier molecular flexibility index (Phi) is 6.82. The molecule has 1 N–H and O–H groups in total. The van der Waals surface area contributed by atoms with Crippen molar-refractivity contribution in [2.75, 3.05) is 18.5 Å². The fourth-order valence-corrected chi connectivity index (χ4v) is 5.59. The van der Waals surface area contributed by atoms with Crippen LogP contribution in [0.4, 0.5) is 11.4 Å². The normalized spacial score (nSPS) is 21.1. The number of non-ortho nitro benzene ring substituents is 1. The van der Waals surface area contributed by atoms with Crippen molar-refractivity contribution in [1.29, 1.82) is 0 Å². The summed E-state index contributed by atoms with van der Waals surface area (Å²) >= 11 is 0. The molecule has 0 amide bonds. The van der Waals surface area contributed by atoms with Crippen molar-refractivity contribution in [3.8, 4) is 0 Å². The summed E-state index contributed by atoms with van der Waals surface area (Å²) in [5, 5.41) is 15.6. The predicted octanol–water partition coefficient (Wildman–Crippen LogP) is 4.24. The molecule has 0 aromatic heterocycles. The average Bonchev–Trinajstić information content (AvgIpc) is 2.58. The number of hydrazone groups is 1. The van der Waals surface area contributed by atoms with Crippen LogP contribution in [0.5, 0.6) is 0 Å². The molecule has 1 aromatic carbocycles. The molecule has 1 aromatic rings. The van der Waals surface area contributed by atoms with E-state index in [2.05, 4.69) is 31.3 Å². The van der Waals surface area contributed by atoms with E-state index in [1.807, 2.05) is 0 Å². The minimum absolute atomic E-state index is 0.127. The molecule has 1 unspecified atom stereocenters. The Morgan fingerprint density at radius 2 is 1.96 bits per heavy atom. The van der Waals surface area contributed by atoms with Crippen molar-refractivity contribution < 1.29 is 13.3 Å². The van der Waals surface area contributed by atoms with E-state index in [-0.39, 0.29) is 34.8 Å². The summed E-state index contributed by atoms with van der Waals surface area (Å²) in [5.74, 6) is 0.500. The summed E-state index contributed by atoms with van der Waals surface area (Å²) in [7, 11) is -3.88. The molecule has 1 aliphatic carbocycles. The van der Waals surface area contributed by atoms with Crippen LogP contribution < -0.4 is 5.43 Å². The molecule has 1 saturated carbocycles. The molecule has 1 fully saturated rings. The highest BCUT2D eigenvalue weighted by atomic mass is 32.2. The molecule has 0 radical (unpaired) electrons. The number of hydrogen-bond donors (Lipinski definition) is 1. The van der Waals surface area contributed by atoms with Crippen LogP contribution in [-0.2, 0) is 10.0 Å². The van der Waals surface area contributed by atoms with E-state index in [1.54, 1.807) is 13.8 Å². The number of nitro benzene ring substituents is 1. The van der Waals surface area contributed by atoms with Gasteiger partial charge < -0.3 is 0 Å². The summed E-state index contributed by atoms with van der Waals surface area (Å²) in [4.78, 5) is 10.4. The van der Waals surface area contributed by atoms with Crippen molar-refractivity contribution in [2.24, 2.45) is 16.4 Å². The number of hydrogen-bond acceptors (Lipinski definition) is 6. The van der Waals surface area contributed by atoms with Crippen LogP contribution in [0.15, 0.2) is 28.2 Å². The number of nitrogens with one attached hydrogen (secondary N) is 1. The average molecular weight is 411 g/mol. The lowest BCUT2D eigenvalue weighted by molar-refractivity contribution is -0.385. The molecule has 0 heterocycles. The van der Waals surface area contributed by atoms with Gasteiger partial charge in [0.25, 0.3) is 5.69 Å². The summed E-state index contributed by atoms with van der Waals surface area (Å²) in [6.45, 7) is 10.6. The maximum absolute atomic E-state index is 13.0. The minimum Gasteiger partial charge on any atom is -0.277 e. The van der Waals surface area contributed by atoms with Crippen molar-refractivity contribution in [1.82, 2.24) is 4.31 Å². The van der Waals surface area contributed by atoms with Crippen LogP contribution >= 0.6 is 0 Å². The van der Waals surface area contributed by atoms with Gasteiger partial charge in [0.05, 0.1) is 10.6 Å². The highest BCUT2D eigenvalue weighted by Gasteiger charge is 2.30. The first kappa shape index (κ1) is 22.3. The zero-order chi connectivity index (χ0) is 21.1. The van der Waals surface area contributed by atoms with Gasteiger partial charge >= 0.3 is 0 Å². The predicted molar refractivity (Wildman–Crippen MR) is 111 cm³/mol. The maximum Gasteiger partial charge on any atom is 0.270 e. The number of benzene rings is 1. The molecule has 0 aliphatic heterocycles. The Bertz CT molecular complexity index is 861. The lowest BCUT2D eigenvalue weighted by Crippen LogP contribution is -2.31. The maximum atomic E-state index is 13.0. The van der Waals surface area contributed by atoms with E-state index in [4.69, 9.17) is 0 Å². The highest BCUT2D eigenvalue weighted by Crippen LogP contribution is 2.37. The number of sulfonamides is 1. The lowest BCUT2D eigenvalue weighted by Gasteiger charge is -2.34. The smallest absolute Gasteiger partial charge is 0.270 e. The Morgan fingerprint density at radius 1 is 1.32 bits per heavy atom. The van der Waals surface area contributed by atoms with E-state index in [0.29, 0.717) is 5.92 Å². The van der Waals surface area contributed by atoms with Crippen molar-refractivity contribution in [3.05, 3.63) is 28.3 Å². The fraction of sp³-hybridized carbons (Fsp3) is 0.632. The first-order valence-corrected chi connectivity index (χ1v) is 11.0. The summed E-state index contributed by atoms with van der Waals surface area (Å²) < 4.78 is 27.3. The second-order valence-electron chi connectivity index (χ2n) is 8.17. The molecular formula is C19H30N4O4S. The second kappa shape index (κ2) is 8.57. The molecular weight excluding hydrogens is 380 g/mol. The van der Waals surface area contributed by atoms with Gasteiger partial charge in [-0.2, -0.15) is 9.41 Å². The standard InChI is InChI=1S/C19H30N4O4S/c1-6-22(7-2)28(26,27)18-11-16(23(24)25)8-9-17(18)21-20-15-10-14(3)12-19(4,5)13-15/h8-9,11,14,21H,6-7,10,12-13H2,1-5H3. The first-order valence-electron chi connectivity index (χ1n) is 9.60. The Morgan fingerprint density at radius 3 is 2.50 bits per heavy atom. The van der Waals surface area contributed by atoms with Gasteiger partial charge in [0.1, 0.15) is 4.90 Å². The molecule has 0 spiro atoms. The van der Waals surface area contributed by atoms with Gasteiger partial charge in [-0.25, -0.2) is 8.42 Å². The van der Waals surface area contributed by atoms with E-state index >= 15 is 0 Å². The molecule has 9 heteroatoms. The molecule has 1 atom stereocenters. The van der Waals surface area contributed by atoms with Gasteiger partial charge in [-0.1, -0.05) is 34.6 Å². The van der Waals surface area contributed by atoms with E-state index in [1.165, 1.54) is 16.4 Å². The molecule has 28 heavy (non-hydrogen) atoms. The van der Waals surface area contributed by atoms with Gasteiger partial charge in [0.2, 0.25) is 10.0 Å². The third kappa shape index (κ3) is 5.08. The summed E-state index contributed by atoms with van der Waals surface area (Å²) in [6.07, 6.45) is 2.79. The Balaban J connectivity index is 2.44. The minimum atomic E-state index is -3.88. The van der Waals surface area contributed by atoms with Crippen molar-refractivity contribution in [2.45, 2.75) is 58.8 Å². The second-order valence-corrected chi connectivity index (χ2v) is 10.1. The van der Waals surface area contributed by atoms with Crippen molar-refractivity contribution >= 4 is 27.1 Å². The topological polar surface area (TPSA) is 105 Å². The molecule has 1 aliphatic rings. The van der Waals surface area contributed by atoms with E-state index < -0.39 is 14.9 Å². The molecule has 2 rings (SSSR count). The summed E-state index contributed by atoms with van der Waals surface area (Å²) in [6, 6.07) is 3.80. The zero-order valence-corrected chi connectivity index (χ0v) is 18.0. The SMILES string of the molecule is CCN(CC)S(=O)(=O)c1cc([N+](=O)[O-])ccc1NN=C1CC(C)CC(C)(C)C1. The third-order valence-corrected chi connectivity index (χ3v) is 7.09. The van der Waals surface area contributed by atoms with E-state index in [0.717, 1.165) is 31.0 Å². The van der Waals surface area contributed by atoms with Crippen LogP contribution in [-0.4, -0.2) is 36.4 Å². The largest absolute Gasteiger partial charge is 0.277 e. The molecule has 0 bridgehead atoms. The van der Waals surface area contributed by atoms with E-state index in [9.17, 15) is 18.5 Å². The van der Waals surface area contributed by atoms with Gasteiger partial charge in [0, 0.05) is 30.9 Å². The highest BCUT2D eigenvalue weighted by molar-refractivity contribution is 7.89. The van der Waals surface area contributed by atoms with Gasteiger partial charge in [-0.15, -0.1) is 0 Å². The Hall–Kier alpha value is -2.00. The molecule has 0 saturated heterocycles. The number of anilines is 1. The number of rotatable bonds is 7. The number of nitro groups is 1. The van der Waals surface area contributed by atoms with Crippen LogP contribution in [0.1, 0.15) is 53.9 Å². The van der Waals surface area contributed by atoms with Crippen LogP contribution in [0.2, 0.25) is 0 Å². The first-order chi connectivity index (χ1) is 13.0. The lowest BCUT2D eigenvalue weighted by atomic mass is 9.72. The van der Waals surface area contributed by atoms with Gasteiger partial charge in [-0.3, -0.25) is 15.5 Å². The van der Waals surface area contributed by atoms with Crippen molar-refractivity contribution in [3.63, 3.8) is 0 Å². The number of nitrogens with zero attached hydrogens (tertiary/aromatic N) is 3. The summed E-state index contributed by atoms with van der Waals surface area (Å²) in [5.41, 5.74) is 3.98. The molecule has 8 nitrogen and oxygen atoms in total. The fourth-order valence-electron chi connectivity index (χ4n) is 3.97. The quantitative estimate of drug-likeness (QED) is 0.535. The Labute approximate surface area is 167 Å². The third-order valence-electron chi connectivity index (χ3n) is 5.00. The van der Waals surface area contributed by atoms with Crippen LogP contribution in [0, 0.1) is 21.4 Å². The molecule has 156 valence electrons. The van der Waals surface area contributed by atoms with Crippen LogP contribution in [0.25, 0.3) is 0 Å². The van der Waals surface area contributed by atoms with Gasteiger partial charge in [-0.05, 0) is 36.7 Å². The van der Waals surface area contributed by atoms with Crippen LogP contribution in [0.3, 0.4) is 0 Å². The zero-order valence-electron chi connectivity index (χ0n) is 17.2. The van der Waals surface area contributed by atoms with Gasteiger partial charge in [0.15, 0.2) is 0 Å².